The van der Waals surface area contributed by atoms with Crippen LogP contribution < -0.4 is 4.74 Å². The van der Waals surface area contributed by atoms with Gasteiger partial charge in [-0.15, -0.1) is 0 Å². The first-order valence-electron chi connectivity index (χ1n) is 5.16. The van der Waals surface area contributed by atoms with Crippen LogP contribution in [0.4, 0.5) is 13.2 Å². The number of hydrogen-bond donors (Lipinski definition) is 0. The molecule has 0 fully saturated rings. The zero-order valence-electron chi connectivity index (χ0n) is 9.87. The molecule has 0 aliphatic carbocycles. The summed E-state index contributed by atoms with van der Waals surface area (Å²) >= 11 is 0. The molecule has 1 rings (SSSR count). The fraction of sp³-hybridized carbons (Fsp3) is 0.455. The molecule has 0 radical (unpaired) electrons. The number of rotatable bonds is 5. The van der Waals surface area contributed by atoms with Crippen molar-refractivity contribution >= 4 is 5.97 Å². The molecule has 0 amide bonds. The number of carbonyl (C=O) groups excluding carboxylic acids is 1. The van der Waals surface area contributed by atoms with E-state index in [1.54, 1.807) is 6.92 Å². The SMILES string of the molecule is CCOC(=O)Cc1cnc(OC)c(C(F)F)c1F. The molecule has 0 unspecified atom stereocenters. The summed E-state index contributed by atoms with van der Waals surface area (Å²) in [4.78, 5) is 14.7. The highest BCUT2D eigenvalue weighted by Gasteiger charge is 2.24. The monoisotopic (exact) mass is 263 g/mol. The molecule has 0 N–H and O–H groups in total. The standard InChI is InChI=1S/C11H12F3NO3/c1-3-18-7(16)4-6-5-15-11(17-2)8(9(6)12)10(13)14/h5,10H,3-4H2,1-2H3. The number of aromatic nitrogens is 1. The lowest BCUT2D eigenvalue weighted by Crippen LogP contribution is -2.11. The van der Waals surface area contributed by atoms with E-state index in [9.17, 15) is 18.0 Å². The fourth-order valence-electron chi connectivity index (χ4n) is 1.37. The Bertz CT molecular complexity index is 438. The average Bonchev–Trinajstić information content (AvgIpc) is 2.31. The van der Waals surface area contributed by atoms with Crippen molar-refractivity contribution in [2.75, 3.05) is 13.7 Å². The van der Waals surface area contributed by atoms with Gasteiger partial charge in [0, 0.05) is 11.8 Å². The Labute approximate surface area is 102 Å². The van der Waals surface area contributed by atoms with E-state index in [0.29, 0.717) is 0 Å². The predicted molar refractivity (Wildman–Crippen MR) is 56.0 cm³/mol. The van der Waals surface area contributed by atoms with Gasteiger partial charge in [-0.3, -0.25) is 4.79 Å². The summed E-state index contributed by atoms with van der Waals surface area (Å²) in [7, 11) is 1.11. The van der Waals surface area contributed by atoms with Gasteiger partial charge in [-0.2, -0.15) is 0 Å². The highest BCUT2D eigenvalue weighted by Crippen LogP contribution is 2.31. The van der Waals surface area contributed by atoms with Crippen molar-refractivity contribution in [3.63, 3.8) is 0 Å². The molecule has 100 valence electrons. The van der Waals surface area contributed by atoms with Crippen molar-refractivity contribution in [2.45, 2.75) is 19.8 Å². The van der Waals surface area contributed by atoms with Crippen molar-refractivity contribution in [1.82, 2.24) is 4.98 Å². The number of esters is 1. The van der Waals surface area contributed by atoms with Crippen LogP contribution >= 0.6 is 0 Å². The number of hydrogen-bond acceptors (Lipinski definition) is 4. The molecule has 1 aromatic heterocycles. The topological polar surface area (TPSA) is 48.4 Å². The van der Waals surface area contributed by atoms with Crippen LogP contribution in [-0.2, 0) is 16.0 Å². The minimum atomic E-state index is -3.07. The van der Waals surface area contributed by atoms with Gasteiger partial charge in [0.2, 0.25) is 5.88 Å². The first-order valence-corrected chi connectivity index (χ1v) is 5.16. The van der Waals surface area contributed by atoms with Crippen molar-refractivity contribution < 1.29 is 27.4 Å². The lowest BCUT2D eigenvalue weighted by atomic mass is 10.1. The summed E-state index contributed by atoms with van der Waals surface area (Å²) in [6, 6.07) is 0. The molecule has 0 saturated carbocycles. The highest BCUT2D eigenvalue weighted by atomic mass is 19.3. The van der Waals surface area contributed by atoms with Crippen LogP contribution in [0.25, 0.3) is 0 Å². The van der Waals surface area contributed by atoms with E-state index >= 15 is 0 Å². The molecular weight excluding hydrogens is 251 g/mol. The lowest BCUT2D eigenvalue weighted by Gasteiger charge is -2.10. The highest BCUT2D eigenvalue weighted by molar-refractivity contribution is 5.72. The van der Waals surface area contributed by atoms with Crippen LogP contribution in [0.5, 0.6) is 5.88 Å². The van der Waals surface area contributed by atoms with Crippen molar-refractivity contribution in [2.24, 2.45) is 0 Å². The van der Waals surface area contributed by atoms with Crippen molar-refractivity contribution in [3.8, 4) is 5.88 Å². The number of carbonyl (C=O) groups is 1. The number of pyridine rings is 1. The second-order valence-corrected chi connectivity index (χ2v) is 3.30. The zero-order chi connectivity index (χ0) is 13.7. The van der Waals surface area contributed by atoms with Gasteiger partial charge in [0.25, 0.3) is 6.43 Å². The fourth-order valence-corrected chi connectivity index (χ4v) is 1.37. The van der Waals surface area contributed by atoms with Gasteiger partial charge < -0.3 is 9.47 Å². The minimum absolute atomic E-state index is 0.131. The van der Waals surface area contributed by atoms with Crippen LogP contribution in [0.15, 0.2) is 6.20 Å². The molecule has 4 nitrogen and oxygen atoms in total. The molecule has 7 heteroatoms. The third-order valence-corrected chi connectivity index (χ3v) is 2.14. The maximum atomic E-state index is 13.8. The molecule has 0 bridgehead atoms. The largest absolute Gasteiger partial charge is 0.481 e. The number of alkyl halides is 2. The third-order valence-electron chi connectivity index (χ3n) is 2.14. The number of methoxy groups -OCH3 is 1. The summed E-state index contributed by atoms with van der Waals surface area (Å²) in [6.07, 6.45) is -2.54. The number of ether oxygens (including phenoxy) is 2. The van der Waals surface area contributed by atoms with Gasteiger partial charge in [0.15, 0.2) is 0 Å². The summed E-state index contributed by atoms with van der Waals surface area (Å²) in [5, 5.41) is 0. The van der Waals surface area contributed by atoms with Gasteiger partial charge in [0.1, 0.15) is 11.4 Å². The molecule has 0 spiro atoms. The van der Waals surface area contributed by atoms with E-state index in [0.717, 1.165) is 13.3 Å². The van der Waals surface area contributed by atoms with E-state index in [2.05, 4.69) is 14.5 Å². The van der Waals surface area contributed by atoms with Crippen LogP contribution in [0.2, 0.25) is 0 Å². The Kier molecular flexibility index (Phi) is 4.94. The van der Waals surface area contributed by atoms with Crippen LogP contribution in [0, 0.1) is 5.82 Å². The molecule has 0 saturated heterocycles. The van der Waals surface area contributed by atoms with Gasteiger partial charge in [-0.1, -0.05) is 0 Å². The van der Waals surface area contributed by atoms with Gasteiger partial charge >= 0.3 is 5.97 Å². The van der Waals surface area contributed by atoms with E-state index in [1.165, 1.54) is 0 Å². The second-order valence-electron chi connectivity index (χ2n) is 3.30. The minimum Gasteiger partial charge on any atom is -0.481 e. The summed E-state index contributed by atoms with van der Waals surface area (Å²) in [6.45, 7) is 1.72. The molecule has 0 aromatic carbocycles. The summed E-state index contributed by atoms with van der Waals surface area (Å²) in [5.74, 6) is -2.39. The second kappa shape index (κ2) is 6.23. The first-order chi connectivity index (χ1) is 8.51. The third kappa shape index (κ3) is 3.12. The zero-order valence-corrected chi connectivity index (χ0v) is 9.87. The molecule has 0 aliphatic rings. The Hall–Kier alpha value is -1.79. The number of nitrogens with zero attached hydrogens (tertiary/aromatic N) is 1. The Morgan fingerprint density at radius 2 is 2.17 bits per heavy atom. The van der Waals surface area contributed by atoms with Crippen molar-refractivity contribution in [3.05, 3.63) is 23.1 Å². The molecule has 0 atom stereocenters. The van der Waals surface area contributed by atoms with Gasteiger partial charge in [-0.25, -0.2) is 18.2 Å². The molecular formula is C11H12F3NO3. The normalized spacial score (nSPS) is 10.6. The molecule has 1 heterocycles. The molecule has 0 aliphatic heterocycles. The van der Waals surface area contributed by atoms with Crippen molar-refractivity contribution in [1.29, 1.82) is 0 Å². The van der Waals surface area contributed by atoms with Crippen LogP contribution in [0.3, 0.4) is 0 Å². The van der Waals surface area contributed by atoms with Crippen LogP contribution in [0.1, 0.15) is 24.5 Å². The van der Waals surface area contributed by atoms with E-state index in [-0.39, 0.29) is 12.2 Å². The average molecular weight is 263 g/mol. The van der Waals surface area contributed by atoms with E-state index < -0.39 is 36.1 Å². The van der Waals surface area contributed by atoms with Gasteiger partial charge in [0.05, 0.1) is 20.1 Å². The smallest absolute Gasteiger partial charge is 0.310 e. The Morgan fingerprint density at radius 3 is 2.67 bits per heavy atom. The van der Waals surface area contributed by atoms with Crippen LogP contribution in [-0.4, -0.2) is 24.7 Å². The quantitative estimate of drug-likeness (QED) is 0.765. The molecule has 18 heavy (non-hydrogen) atoms. The first kappa shape index (κ1) is 14.3. The number of halogens is 3. The van der Waals surface area contributed by atoms with Gasteiger partial charge in [-0.05, 0) is 6.92 Å². The predicted octanol–water partition coefficient (Wildman–Crippen LogP) is 2.27. The molecule has 1 aromatic rings. The lowest BCUT2D eigenvalue weighted by molar-refractivity contribution is -0.142. The maximum absolute atomic E-state index is 13.8. The van der Waals surface area contributed by atoms with E-state index in [4.69, 9.17) is 0 Å². The Balaban J connectivity index is 3.08. The Morgan fingerprint density at radius 1 is 1.50 bits per heavy atom. The summed E-state index contributed by atoms with van der Waals surface area (Å²) in [5.41, 5.74) is -1.19. The summed E-state index contributed by atoms with van der Waals surface area (Å²) < 4.78 is 48.2. The van der Waals surface area contributed by atoms with E-state index in [1.807, 2.05) is 0 Å². The maximum Gasteiger partial charge on any atom is 0.310 e.